The molecule has 25 heavy (non-hydrogen) atoms. The van der Waals surface area contributed by atoms with Crippen LogP contribution in [0, 0.1) is 6.92 Å². The SMILES string of the molecule is Cc1cc2ccc(C(O)(CCN(C)C)c3ccccc3)cc2[nH]c1=O. The van der Waals surface area contributed by atoms with Gasteiger partial charge in [0.05, 0.1) is 0 Å². The topological polar surface area (TPSA) is 56.3 Å². The van der Waals surface area contributed by atoms with Crippen molar-refractivity contribution < 1.29 is 5.11 Å². The summed E-state index contributed by atoms with van der Waals surface area (Å²) in [6, 6.07) is 17.4. The van der Waals surface area contributed by atoms with E-state index in [1.54, 1.807) is 6.92 Å². The summed E-state index contributed by atoms with van der Waals surface area (Å²) in [5.74, 6) is 0. The maximum Gasteiger partial charge on any atom is 0.251 e. The first kappa shape index (κ1) is 17.4. The molecule has 0 aliphatic carbocycles. The van der Waals surface area contributed by atoms with Crippen LogP contribution in [0.1, 0.15) is 23.1 Å². The number of H-pyrrole nitrogens is 1. The normalized spacial score (nSPS) is 14.0. The molecule has 4 heteroatoms. The number of hydrogen-bond acceptors (Lipinski definition) is 3. The largest absolute Gasteiger partial charge is 0.380 e. The number of rotatable bonds is 5. The fraction of sp³-hybridized carbons (Fsp3) is 0.286. The third-order valence-corrected chi connectivity index (χ3v) is 4.68. The van der Waals surface area contributed by atoms with Gasteiger partial charge in [0, 0.05) is 17.6 Å². The third kappa shape index (κ3) is 3.50. The molecule has 3 rings (SSSR count). The molecular weight excluding hydrogens is 312 g/mol. The van der Waals surface area contributed by atoms with Crippen LogP contribution in [-0.4, -0.2) is 35.6 Å². The van der Waals surface area contributed by atoms with Crippen molar-refractivity contribution in [2.24, 2.45) is 0 Å². The summed E-state index contributed by atoms with van der Waals surface area (Å²) < 4.78 is 0. The summed E-state index contributed by atoms with van der Waals surface area (Å²) >= 11 is 0. The molecule has 0 bridgehead atoms. The minimum Gasteiger partial charge on any atom is -0.380 e. The Kier molecular flexibility index (Phi) is 4.75. The molecule has 3 aromatic rings. The summed E-state index contributed by atoms with van der Waals surface area (Å²) in [6.07, 6.45) is 0.561. The zero-order valence-corrected chi connectivity index (χ0v) is 14.9. The first-order chi connectivity index (χ1) is 11.9. The lowest BCUT2D eigenvalue weighted by atomic mass is 9.83. The van der Waals surface area contributed by atoms with Gasteiger partial charge in [-0.05, 0) is 56.1 Å². The Hall–Kier alpha value is -2.43. The van der Waals surface area contributed by atoms with Crippen LogP contribution < -0.4 is 5.56 Å². The maximum absolute atomic E-state index is 12.0. The van der Waals surface area contributed by atoms with Gasteiger partial charge in [0.25, 0.3) is 5.56 Å². The summed E-state index contributed by atoms with van der Waals surface area (Å²) in [6.45, 7) is 2.54. The molecule has 1 aromatic heterocycles. The Labute approximate surface area is 147 Å². The fourth-order valence-electron chi connectivity index (χ4n) is 3.12. The number of pyridine rings is 1. The molecule has 0 saturated carbocycles. The Bertz CT molecular complexity index is 932. The summed E-state index contributed by atoms with van der Waals surface area (Å²) in [4.78, 5) is 16.9. The van der Waals surface area contributed by atoms with E-state index in [1.807, 2.05) is 68.7 Å². The van der Waals surface area contributed by atoms with E-state index in [2.05, 4.69) is 9.88 Å². The molecule has 0 saturated heterocycles. The fourth-order valence-corrected chi connectivity index (χ4v) is 3.12. The third-order valence-electron chi connectivity index (χ3n) is 4.68. The van der Waals surface area contributed by atoms with E-state index in [1.165, 1.54) is 0 Å². The number of fused-ring (bicyclic) bond motifs is 1. The number of aromatic nitrogens is 1. The number of aromatic amines is 1. The van der Waals surface area contributed by atoms with Crippen molar-refractivity contribution >= 4 is 10.9 Å². The highest BCUT2D eigenvalue weighted by Crippen LogP contribution is 2.34. The van der Waals surface area contributed by atoms with Crippen molar-refractivity contribution in [1.29, 1.82) is 0 Å². The Morgan fingerprint density at radius 2 is 1.76 bits per heavy atom. The molecule has 1 atom stereocenters. The van der Waals surface area contributed by atoms with Gasteiger partial charge >= 0.3 is 0 Å². The van der Waals surface area contributed by atoms with E-state index in [0.717, 1.165) is 28.6 Å². The standard InChI is InChI=1S/C21H24N2O2/c1-15-13-16-9-10-18(14-19(16)22-20(15)24)21(25,11-12-23(2)3)17-7-5-4-6-8-17/h4-10,13-14,25H,11-12H2,1-3H3,(H,22,24). The number of hydrogen-bond donors (Lipinski definition) is 2. The molecule has 0 fully saturated rings. The van der Waals surface area contributed by atoms with Crippen LogP contribution in [0.15, 0.2) is 59.4 Å². The molecule has 1 unspecified atom stereocenters. The quantitative estimate of drug-likeness (QED) is 0.753. The van der Waals surface area contributed by atoms with E-state index in [9.17, 15) is 9.90 Å². The van der Waals surface area contributed by atoms with Crippen LogP contribution in [-0.2, 0) is 5.60 Å². The molecule has 1 heterocycles. The van der Waals surface area contributed by atoms with Gasteiger partial charge in [-0.3, -0.25) is 4.79 Å². The molecule has 2 N–H and O–H groups in total. The highest BCUT2D eigenvalue weighted by atomic mass is 16.3. The molecule has 0 radical (unpaired) electrons. The zero-order chi connectivity index (χ0) is 18.0. The first-order valence-corrected chi connectivity index (χ1v) is 8.47. The highest BCUT2D eigenvalue weighted by Gasteiger charge is 2.31. The Morgan fingerprint density at radius 3 is 2.44 bits per heavy atom. The molecule has 0 amide bonds. The van der Waals surface area contributed by atoms with E-state index in [4.69, 9.17) is 0 Å². The lowest BCUT2D eigenvalue weighted by Gasteiger charge is -2.31. The van der Waals surface area contributed by atoms with Crippen molar-refractivity contribution in [1.82, 2.24) is 9.88 Å². The van der Waals surface area contributed by atoms with Crippen molar-refractivity contribution in [3.8, 4) is 0 Å². The van der Waals surface area contributed by atoms with Crippen molar-refractivity contribution in [3.05, 3.63) is 81.6 Å². The predicted octanol–water partition coefficient (Wildman–Crippen LogP) is 3.02. The van der Waals surface area contributed by atoms with Crippen molar-refractivity contribution in [2.45, 2.75) is 18.9 Å². The van der Waals surface area contributed by atoms with Crippen LogP contribution >= 0.6 is 0 Å². The Morgan fingerprint density at radius 1 is 1.04 bits per heavy atom. The number of benzene rings is 2. The lowest BCUT2D eigenvalue weighted by Crippen LogP contribution is -2.32. The zero-order valence-electron chi connectivity index (χ0n) is 14.9. The Balaban J connectivity index is 2.14. The monoisotopic (exact) mass is 336 g/mol. The lowest BCUT2D eigenvalue weighted by molar-refractivity contribution is 0.0630. The molecule has 0 aliphatic rings. The molecule has 0 spiro atoms. The van der Waals surface area contributed by atoms with Gasteiger partial charge in [0.2, 0.25) is 0 Å². The van der Waals surface area contributed by atoms with Crippen LogP contribution in [0.3, 0.4) is 0 Å². The van der Waals surface area contributed by atoms with Gasteiger partial charge in [-0.1, -0.05) is 42.5 Å². The van der Waals surface area contributed by atoms with E-state index in [0.29, 0.717) is 12.0 Å². The minimum atomic E-state index is -1.11. The van der Waals surface area contributed by atoms with Gasteiger partial charge in [-0.25, -0.2) is 0 Å². The molecule has 130 valence electrons. The van der Waals surface area contributed by atoms with Gasteiger partial charge in [-0.15, -0.1) is 0 Å². The smallest absolute Gasteiger partial charge is 0.251 e. The van der Waals surface area contributed by atoms with Gasteiger partial charge in [0.15, 0.2) is 0 Å². The second-order valence-corrected chi connectivity index (χ2v) is 6.86. The summed E-state index contributed by atoms with van der Waals surface area (Å²) in [5, 5.41) is 12.5. The van der Waals surface area contributed by atoms with Crippen LogP contribution in [0.4, 0.5) is 0 Å². The van der Waals surface area contributed by atoms with Crippen LogP contribution in [0.2, 0.25) is 0 Å². The van der Waals surface area contributed by atoms with Gasteiger partial charge in [0.1, 0.15) is 5.60 Å². The van der Waals surface area contributed by atoms with Crippen molar-refractivity contribution in [2.75, 3.05) is 20.6 Å². The summed E-state index contributed by atoms with van der Waals surface area (Å²) in [7, 11) is 3.98. The number of nitrogens with zero attached hydrogens (tertiary/aromatic N) is 1. The highest BCUT2D eigenvalue weighted by molar-refractivity contribution is 5.80. The minimum absolute atomic E-state index is 0.0961. The maximum atomic E-state index is 12.0. The van der Waals surface area contributed by atoms with Gasteiger partial charge < -0.3 is 15.0 Å². The number of aryl methyl sites for hydroxylation is 1. The molecule has 0 aliphatic heterocycles. The average Bonchev–Trinajstić information content (AvgIpc) is 2.61. The second kappa shape index (κ2) is 6.82. The number of aliphatic hydroxyl groups is 1. The first-order valence-electron chi connectivity index (χ1n) is 8.47. The van der Waals surface area contributed by atoms with E-state index < -0.39 is 5.60 Å². The van der Waals surface area contributed by atoms with Crippen LogP contribution in [0.25, 0.3) is 10.9 Å². The van der Waals surface area contributed by atoms with Crippen molar-refractivity contribution in [3.63, 3.8) is 0 Å². The predicted molar refractivity (Wildman–Crippen MR) is 102 cm³/mol. The molecular formula is C21H24N2O2. The summed E-state index contributed by atoms with van der Waals surface area (Å²) in [5.41, 5.74) is 1.86. The second-order valence-electron chi connectivity index (χ2n) is 6.86. The van der Waals surface area contributed by atoms with E-state index in [-0.39, 0.29) is 5.56 Å². The average molecular weight is 336 g/mol. The van der Waals surface area contributed by atoms with Crippen LogP contribution in [0.5, 0.6) is 0 Å². The molecule has 4 nitrogen and oxygen atoms in total. The van der Waals surface area contributed by atoms with Gasteiger partial charge in [-0.2, -0.15) is 0 Å². The number of nitrogens with one attached hydrogen (secondary N) is 1. The molecule has 2 aromatic carbocycles. The van der Waals surface area contributed by atoms with E-state index >= 15 is 0 Å².